The molecule has 0 aliphatic heterocycles. The molecular formula is C17H11N5O2. The summed E-state index contributed by atoms with van der Waals surface area (Å²) in [7, 11) is 0. The van der Waals surface area contributed by atoms with Crippen LogP contribution in [0.15, 0.2) is 54.9 Å². The Morgan fingerprint density at radius 3 is 2.58 bits per heavy atom. The molecular weight excluding hydrogens is 306 g/mol. The molecule has 2 aromatic carbocycles. The minimum Gasteiger partial charge on any atom is -0.308 e. The van der Waals surface area contributed by atoms with Gasteiger partial charge >= 0.3 is 6.03 Å². The van der Waals surface area contributed by atoms with Crippen molar-refractivity contribution in [2.75, 3.05) is 5.32 Å². The van der Waals surface area contributed by atoms with Crippen LogP contribution in [-0.2, 0) is 0 Å². The fourth-order valence-corrected chi connectivity index (χ4v) is 2.11. The third-order valence-corrected chi connectivity index (χ3v) is 3.21. The molecule has 0 fully saturated rings. The Hall–Kier alpha value is -3.79. The molecule has 3 amide bonds. The molecule has 0 atom stereocenters. The topological polar surface area (TPSA) is 108 Å². The Kier molecular flexibility index (Phi) is 4.12. The number of urea groups is 1. The van der Waals surface area contributed by atoms with Gasteiger partial charge in [-0.1, -0.05) is 6.07 Å². The highest BCUT2D eigenvalue weighted by Gasteiger charge is 2.11. The Morgan fingerprint density at radius 1 is 1.00 bits per heavy atom. The summed E-state index contributed by atoms with van der Waals surface area (Å²) in [5, 5.41) is 13.6. The zero-order valence-electron chi connectivity index (χ0n) is 12.4. The van der Waals surface area contributed by atoms with E-state index in [-0.39, 0.29) is 0 Å². The van der Waals surface area contributed by atoms with Crippen LogP contribution >= 0.6 is 0 Å². The molecule has 0 aliphatic carbocycles. The Bertz CT molecular complexity index is 978. The second kappa shape index (κ2) is 6.54. The lowest BCUT2D eigenvalue weighted by atomic mass is 10.2. The highest BCUT2D eigenvalue weighted by Crippen LogP contribution is 2.12. The zero-order valence-corrected chi connectivity index (χ0v) is 12.4. The fourth-order valence-electron chi connectivity index (χ4n) is 2.11. The van der Waals surface area contributed by atoms with Gasteiger partial charge < -0.3 is 5.32 Å². The lowest BCUT2D eigenvalue weighted by Gasteiger charge is -2.07. The number of nitrogens with one attached hydrogen (secondary N) is 2. The zero-order chi connectivity index (χ0) is 16.9. The summed E-state index contributed by atoms with van der Waals surface area (Å²) in [6, 6.07) is 12.5. The second-order valence-electron chi connectivity index (χ2n) is 4.86. The summed E-state index contributed by atoms with van der Waals surface area (Å²) in [5.74, 6) is -0.559. The van der Waals surface area contributed by atoms with Gasteiger partial charge in [0.05, 0.1) is 22.7 Å². The summed E-state index contributed by atoms with van der Waals surface area (Å²) in [4.78, 5) is 32.3. The first-order valence-electron chi connectivity index (χ1n) is 6.99. The van der Waals surface area contributed by atoms with Crippen molar-refractivity contribution in [2.24, 2.45) is 0 Å². The van der Waals surface area contributed by atoms with Crippen LogP contribution in [0.5, 0.6) is 0 Å². The van der Waals surface area contributed by atoms with E-state index in [2.05, 4.69) is 20.6 Å². The summed E-state index contributed by atoms with van der Waals surface area (Å²) in [5.41, 5.74) is 2.35. The first kappa shape index (κ1) is 15.1. The van der Waals surface area contributed by atoms with E-state index < -0.39 is 11.9 Å². The van der Waals surface area contributed by atoms with Crippen molar-refractivity contribution in [2.45, 2.75) is 0 Å². The van der Waals surface area contributed by atoms with Gasteiger partial charge in [0.25, 0.3) is 5.91 Å². The largest absolute Gasteiger partial charge is 0.326 e. The van der Waals surface area contributed by atoms with Gasteiger partial charge in [0.1, 0.15) is 0 Å². The number of carbonyl (C=O) groups is 2. The van der Waals surface area contributed by atoms with E-state index >= 15 is 0 Å². The van der Waals surface area contributed by atoms with E-state index in [9.17, 15) is 9.59 Å². The molecule has 0 saturated heterocycles. The van der Waals surface area contributed by atoms with Gasteiger partial charge in [-0.15, -0.1) is 0 Å². The number of carbonyl (C=O) groups excluding carboxylic acids is 2. The van der Waals surface area contributed by atoms with Crippen LogP contribution in [-0.4, -0.2) is 21.9 Å². The highest BCUT2D eigenvalue weighted by atomic mass is 16.2. The summed E-state index contributed by atoms with van der Waals surface area (Å²) < 4.78 is 0. The summed E-state index contributed by atoms with van der Waals surface area (Å²) in [6.07, 6.45) is 3.09. The Balaban J connectivity index is 1.71. The van der Waals surface area contributed by atoms with Crippen LogP contribution < -0.4 is 10.6 Å². The average molecular weight is 317 g/mol. The van der Waals surface area contributed by atoms with Crippen LogP contribution in [0.1, 0.15) is 15.9 Å². The number of nitrogens with zero attached hydrogens (tertiary/aromatic N) is 3. The third-order valence-electron chi connectivity index (χ3n) is 3.21. The molecule has 116 valence electrons. The van der Waals surface area contributed by atoms with Crippen molar-refractivity contribution in [3.05, 3.63) is 66.0 Å². The van der Waals surface area contributed by atoms with Gasteiger partial charge in [-0.2, -0.15) is 5.26 Å². The number of aromatic nitrogens is 2. The first-order valence-corrected chi connectivity index (χ1v) is 6.99. The van der Waals surface area contributed by atoms with Gasteiger partial charge in [-0.05, 0) is 36.4 Å². The van der Waals surface area contributed by atoms with Gasteiger partial charge in [-0.25, -0.2) is 4.79 Å². The van der Waals surface area contributed by atoms with E-state index in [4.69, 9.17) is 5.26 Å². The van der Waals surface area contributed by atoms with Crippen LogP contribution in [0.2, 0.25) is 0 Å². The van der Waals surface area contributed by atoms with E-state index in [0.717, 1.165) is 0 Å². The van der Waals surface area contributed by atoms with Crippen molar-refractivity contribution in [1.82, 2.24) is 15.3 Å². The molecule has 0 spiro atoms. The quantitative estimate of drug-likeness (QED) is 0.755. The number of imide groups is 1. The molecule has 7 nitrogen and oxygen atoms in total. The number of rotatable bonds is 2. The summed E-state index contributed by atoms with van der Waals surface area (Å²) in [6.45, 7) is 0. The molecule has 0 saturated carbocycles. The van der Waals surface area contributed by atoms with Gasteiger partial charge in [0.2, 0.25) is 0 Å². The minimum atomic E-state index is -0.686. The van der Waals surface area contributed by atoms with Crippen molar-refractivity contribution >= 4 is 28.7 Å². The van der Waals surface area contributed by atoms with Crippen LogP contribution in [0, 0.1) is 11.3 Å². The maximum Gasteiger partial charge on any atom is 0.326 e. The predicted octanol–water partition coefficient (Wildman–Crippen LogP) is 2.46. The van der Waals surface area contributed by atoms with E-state index in [1.165, 1.54) is 12.3 Å². The molecule has 2 N–H and O–H groups in total. The van der Waals surface area contributed by atoms with E-state index in [1.54, 1.807) is 42.6 Å². The summed E-state index contributed by atoms with van der Waals surface area (Å²) >= 11 is 0. The third kappa shape index (κ3) is 3.34. The highest BCUT2D eigenvalue weighted by molar-refractivity contribution is 6.08. The molecule has 0 bridgehead atoms. The van der Waals surface area contributed by atoms with Crippen LogP contribution in [0.4, 0.5) is 10.5 Å². The molecule has 24 heavy (non-hydrogen) atoms. The maximum atomic E-state index is 12.1. The van der Waals surface area contributed by atoms with Crippen molar-refractivity contribution in [3.8, 4) is 6.07 Å². The molecule has 7 heteroatoms. The molecule has 0 radical (unpaired) electrons. The molecule has 1 aromatic heterocycles. The van der Waals surface area contributed by atoms with Crippen molar-refractivity contribution in [1.29, 1.82) is 5.26 Å². The first-order chi connectivity index (χ1) is 11.7. The number of fused-ring (bicyclic) bond motifs is 1. The molecule has 3 aromatic rings. The smallest absolute Gasteiger partial charge is 0.308 e. The average Bonchev–Trinajstić information content (AvgIpc) is 2.61. The number of anilines is 1. The molecule has 1 heterocycles. The number of hydrogen-bond acceptors (Lipinski definition) is 5. The van der Waals surface area contributed by atoms with E-state index in [1.807, 2.05) is 6.07 Å². The van der Waals surface area contributed by atoms with Gasteiger partial charge in [0, 0.05) is 23.6 Å². The SMILES string of the molecule is N#Cc1cccc(NC(=O)NC(=O)c2ccc3nccnc3c2)c1. The molecule has 3 rings (SSSR count). The standard InChI is InChI=1S/C17H11N5O2/c18-10-11-2-1-3-13(8-11)21-17(24)22-16(23)12-4-5-14-15(9-12)20-7-6-19-14/h1-9H,(H2,21,22,23,24). The molecule has 0 unspecified atom stereocenters. The van der Waals surface area contributed by atoms with E-state index in [0.29, 0.717) is 27.8 Å². The second-order valence-corrected chi connectivity index (χ2v) is 4.86. The van der Waals surface area contributed by atoms with Crippen LogP contribution in [0.25, 0.3) is 11.0 Å². The lowest BCUT2D eigenvalue weighted by molar-refractivity contribution is 0.0967. The van der Waals surface area contributed by atoms with Crippen molar-refractivity contribution < 1.29 is 9.59 Å². The van der Waals surface area contributed by atoms with Gasteiger partial charge in [0.15, 0.2) is 0 Å². The normalized spacial score (nSPS) is 9.96. The molecule has 0 aliphatic rings. The Labute approximate surface area is 137 Å². The van der Waals surface area contributed by atoms with Gasteiger partial charge in [-0.3, -0.25) is 20.1 Å². The monoisotopic (exact) mass is 317 g/mol. The van der Waals surface area contributed by atoms with Crippen LogP contribution in [0.3, 0.4) is 0 Å². The number of hydrogen-bond donors (Lipinski definition) is 2. The maximum absolute atomic E-state index is 12.1. The lowest BCUT2D eigenvalue weighted by Crippen LogP contribution is -2.34. The predicted molar refractivity (Wildman–Crippen MR) is 87.2 cm³/mol. The number of amides is 3. The Morgan fingerprint density at radius 2 is 1.79 bits per heavy atom. The van der Waals surface area contributed by atoms with Crippen molar-refractivity contribution in [3.63, 3.8) is 0 Å². The number of benzene rings is 2. The fraction of sp³-hybridized carbons (Fsp3) is 0. The minimum absolute atomic E-state index is 0.295. The number of nitriles is 1.